The van der Waals surface area contributed by atoms with Gasteiger partial charge in [-0.25, -0.2) is 0 Å². The van der Waals surface area contributed by atoms with Gasteiger partial charge in [0.2, 0.25) is 0 Å². The monoisotopic (exact) mass is 323 g/mol. The summed E-state index contributed by atoms with van der Waals surface area (Å²) < 4.78 is 11.1. The Balaban J connectivity index is 2.32. The maximum atomic E-state index is 12.3. The van der Waals surface area contributed by atoms with Crippen LogP contribution in [0, 0.1) is 0 Å². The topological polar surface area (TPSA) is 38.8 Å². The highest BCUT2D eigenvalue weighted by atomic mass is 32.2. The van der Waals surface area contributed by atoms with E-state index in [-0.39, 0.29) is 11.9 Å². The quantitative estimate of drug-likeness (QED) is 0.628. The SMILES string of the molecule is COc1ccc(/C=C2/SC(=S)N(C(C)C)C2=O)cc1OC. The van der Waals surface area contributed by atoms with Gasteiger partial charge < -0.3 is 9.47 Å². The first kappa shape index (κ1) is 15.9. The molecule has 0 radical (unpaired) electrons. The molecule has 1 amide bonds. The van der Waals surface area contributed by atoms with E-state index < -0.39 is 0 Å². The highest BCUT2D eigenvalue weighted by molar-refractivity contribution is 8.26. The molecular weight excluding hydrogens is 306 g/mol. The van der Waals surface area contributed by atoms with Crippen LogP contribution in [0.15, 0.2) is 23.1 Å². The molecule has 1 saturated heterocycles. The van der Waals surface area contributed by atoms with E-state index in [0.29, 0.717) is 20.7 Å². The molecule has 0 atom stereocenters. The maximum Gasteiger partial charge on any atom is 0.266 e. The van der Waals surface area contributed by atoms with Gasteiger partial charge in [0.25, 0.3) is 5.91 Å². The third-order valence-corrected chi connectivity index (χ3v) is 4.38. The molecule has 0 spiro atoms. The van der Waals surface area contributed by atoms with Gasteiger partial charge in [0, 0.05) is 6.04 Å². The van der Waals surface area contributed by atoms with Crippen LogP contribution in [0.1, 0.15) is 19.4 Å². The molecule has 1 aliphatic heterocycles. The molecule has 0 aliphatic carbocycles. The lowest BCUT2D eigenvalue weighted by atomic mass is 10.2. The Labute approximate surface area is 134 Å². The van der Waals surface area contributed by atoms with Gasteiger partial charge in [-0.15, -0.1) is 0 Å². The zero-order valence-electron chi connectivity index (χ0n) is 12.4. The summed E-state index contributed by atoms with van der Waals surface area (Å²) in [6.07, 6.45) is 1.82. The van der Waals surface area contributed by atoms with Gasteiger partial charge in [-0.05, 0) is 37.6 Å². The Kier molecular flexibility index (Phi) is 4.90. The average molecular weight is 323 g/mol. The predicted octanol–water partition coefficient (Wildman–Crippen LogP) is 3.31. The first-order chi connectivity index (χ1) is 9.97. The van der Waals surface area contributed by atoms with E-state index >= 15 is 0 Å². The number of nitrogens with zero attached hydrogens (tertiary/aromatic N) is 1. The number of thioether (sulfide) groups is 1. The third-order valence-electron chi connectivity index (χ3n) is 3.05. The molecule has 0 bridgehead atoms. The van der Waals surface area contributed by atoms with E-state index in [4.69, 9.17) is 21.7 Å². The van der Waals surface area contributed by atoms with Gasteiger partial charge in [-0.2, -0.15) is 0 Å². The van der Waals surface area contributed by atoms with Gasteiger partial charge in [-0.1, -0.05) is 30.0 Å². The minimum atomic E-state index is -0.0465. The Morgan fingerprint density at radius 3 is 2.43 bits per heavy atom. The maximum absolute atomic E-state index is 12.3. The minimum Gasteiger partial charge on any atom is -0.493 e. The van der Waals surface area contributed by atoms with Crippen molar-refractivity contribution in [3.63, 3.8) is 0 Å². The normalized spacial score (nSPS) is 17.0. The summed E-state index contributed by atoms with van der Waals surface area (Å²) >= 11 is 6.58. The zero-order chi connectivity index (χ0) is 15.6. The van der Waals surface area contributed by atoms with Crippen LogP contribution in [0.4, 0.5) is 0 Å². The molecule has 6 heteroatoms. The number of benzene rings is 1. The Hall–Kier alpha value is -1.53. The van der Waals surface area contributed by atoms with Gasteiger partial charge in [0.1, 0.15) is 4.32 Å². The third kappa shape index (κ3) is 3.22. The zero-order valence-corrected chi connectivity index (χ0v) is 14.0. The van der Waals surface area contributed by atoms with Crippen molar-refractivity contribution in [2.24, 2.45) is 0 Å². The second-order valence-corrected chi connectivity index (χ2v) is 6.44. The van der Waals surface area contributed by atoms with Crippen LogP contribution in [0.25, 0.3) is 6.08 Å². The largest absolute Gasteiger partial charge is 0.493 e. The Bertz CT molecular complexity index is 611. The fourth-order valence-corrected chi connectivity index (χ4v) is 3.54. The molecule has 0 unspecified atom stereocenters. The lowest BCUT2D eigenvalue weighted by molar-refractivity contribution is -0.123. The van der Waals surface area contributed by atoms with Crippen LogP contribution in [-0.2, 0) is 4.79 Å². The van der Waals surface area contributed by atoms with Crippen molar-refractivity contribution in [3.8, 4) is 11.5 Å². The highest BCUT2D eigenvalue weighted by Crippen LogP contribution is 2.35. The molecule has 1 aromatic rings. The number of hydrogen-bond donors (Lipinski definition) is 0. The number of hydrogen-bond acceptors (Lipinski definition) is 5. The molecule has 112 valence electrons. The first-order valence-corrected chi connectivity index (χ1v) is 7.69. The number of carbonyl (C=O) groups excluding carboxylic acids is 1. The lowest BCUT2D eigenvalue weighted by Crippen LogP contribution is -2.34. The van der Waals surface area contributed by atoms with Gasteiger partial charge >= 0.3 is 0 Å². The molecule has 1 fully saturated rings. The summed E-state index contributed by atoms with van der Waals surface area (Å²) in [5.41, 5.74) is 0.872. The van der Waals surface area contributed by atoms with Crippen molar-refractivity contribution < 1.29 is 14.3 Å². The van der Waals surface area contributed by atoms with Crippen molar-refractivity contribution in [2.45, 2.75) is 19.9 Å². The van der Waals surface area contributed by atoms with Gasteiger partial charge in [0.15, 0.2) is 11.5 Å². The van der Waals surface area contributed by atoms with Crippen molar-refractivity contribution in [1.82, 2.24) is 4.90 Å². The average Bonchev–Trinajstić information content (AvgIpc) is 2.73. The van der Waals surface area contributed by atoms with Crippen LogP contribution in [-0.4, -0.2) is 35.4 Å². The molecule has 1 aliphatic rings. The molecule has 1 aromatic carbocycles. The van der Waals surface area contributed by atoms with Crippen LogP contribution >= 0.6 is 24.0 Å². The summed E-state index contributed by atoms with van der Waals surface area (Å²) in [4.78, 5) is 14.6. The fourth-order valence-electron chi connectivity index (χ4n) is 2.02. The lowest BCUT2D eigenvalue weighted by Gasteiger charge is -2.18. The summed E-state index contributed by atoms with van der Waals surface area (Å²) in [7, 11) is 3.17. The molecule has 1 heterocycles. The van der Waals surface area contributed by atoms with Crippen LogP contribution < -0.4 is 9.47 Å². The fraction of sp³-hybridized carbons (Fsp3) is 0.333. The smallest absolute Gasteiger partial charge is 0.266 e. The Morgan fingerprint density at radius 1 is 1.24 bits per heavy atom. The summed E-state index contributed by atoms with van der Waals surface area (Å²) in [6, 6.07) is 5.59. The molecular formula is C15H17NO3S2. The number of methoxy groups -OCH3 is 2. The van der Waals surface area contributed by atoms with Crippen molar-refractivity contribution in [3.05, 3.63) is 28.7 Å². The highest BCUT2D eigenvalue weighted by Gasteiger charge is 2.33. The van der Waals surface area contributed by atoms with E-state index in [1.54, 1.807) is 19.1 Å². The van der Waals surface area contributed by atoms with E-state index in [0.717, 1.165) is 5.56 Å². The molecule has 0 saturated carbocycles. The minimum absolute atomic E-state index is 0.0465. The van der Waals surface area contributed by atoms with E-state index in [9.17, 15) is 4.79 Å². The number of thiocarbonyl (C=S) groups is 1. The molecule has 2 rings (SSSR count). The van der Waals surface area contributed by atoms with Crippen molar-refractivity contribution in [1.29, 1.82) is 0 Å². The molecule has 0 aromatic heterocycles. The number of carbonyl (C=O) groups is 1. The first-order valence-electron chi connectivity index (χ1n) is 6.47. The van der Waals surface area contributed by atoms with Crippen LogP contribution in [0.5, 0.6) is 11.5 Å². The summed E-state index contributed by atoms with van der Waals surface area (Å²) in [5.74, 6) is 1.24. The van der Waals surface area contributed by atoms with E-state index in [2.05, 4.69) is 0 Å². The second kappa shape index (κ2) is 6.49. The van der Waals surface area contributed by atoms with E-state index in [1.165, 1.54) is 11.8 Å². The van der Waals surface area contributed by atoms with Crippen LogP contribution in [0.2, 0.25) is 0 Å². The van der Waals surface area contributed by atoms with Crippen molar-refractivity contribution in [2.75, 3.05) is 14.2 Å². The predicted molar refractivity (Wildman–Crippen MR) is 89.7 cm³/mol. The molecule has 21 heavy (non-hydrogen) atoms. The standard InChI is InChI=1S/C15H17NO3S2/c1-9(2)16-14(17)13(21-15(16)20)8-10-5-6-11(18-3)12(7-10)19-4/h5-9H,1-4H3/b13-8+. The number of amides is 1. The Morgan fingerprint density at radius 2 is 1.90 bits per heavy atom. The van der Waals surface area contributed by atoms with Crippen LogP contribution in [0.3, 0.4) is 0 Å². The summed E-state index contributed by atoms with van der Waals surface area (Å²) in [5, 5.41) is 0. The number of ether oxygens (including phenoxy) is 2. The van der Waals surface area contributed by atoms with Gasteiger partial charge in [0.05, 0.1) is 19.1 Å². The van der Waals surface area contributed by atoms with E-state index in [1.807, 2.05) is 38.1 Å². The summed E-state index contributed by atoms with van der Waals surface area (Å²) in [6.45, 7) is 3.90. The second-order valence-electron chi connectivity index (χ2n) is 4.76. The molecule has 4 nitrogen and oxygen atoms in total. The molecule has 0 N–H and O–H groups in total. The van der Waals surface area contributed by atoms with Gasteiger partial charge in [-0.3, -0.25) is 9.69 Å². The number of rotatable bonds is 4. The van der Waals surface area contributed by atoms with Crippen molar-refractivity contribution >= 4 is 40.3 Å².